The molecule has 0 aliphatic carbocycles. The maximum absolute atomic E-state index is 13.0. The Hall–Kier alpha value is -0.610. The number of halogens is 1. The van der Waals surface area contributed by atoms with Gasteiger partial charge in [0.25, 0.3) is 0 Å². The maximum atomic E-state index is 13.0. The van der Waals surface area contributed by atoms with Gasteiger partial charge in [0, 0.05) is 17.9 Å². The van der Waals surface area contributed by atoms with E-state index in [0.717, 1.165) is 11.4 Å². The molecular weight excluding hydrogens is 378 g/mol. The van der Waals surface area contributed by atoms with Crippen LogP contribution in [0.25, 0.3) is 0 Å². The van der Waals surface area contributed by atoms with Crippen molar-refractivity contribution >= 4 is 48.7 Å². The molecule has 0 bridgehead atoms. The average Bonchev–Trinajstić information content (AvgIpc) is 2.95. The summed E-state index contributed by atoms with van der Waals surface area (Å²) in [6, 6.07) is 4.85. The summed E-state index contributed by atoms with van der Waals surface area (Å²) in [5.41, 5.74) is 1.05. The number of nitrogens with zero attached hydrogens (tertiary/aromatic N) is 3. The molecule has 2 aliphatic heterocycles. The molecule has 2 unspecified atom stereocenters. The van der Waals surface area contributed by atoms with E-state index in [-0.39, 0.29) is 17.0 Å². The van der Waals surface area contributed by atoms with Gasteiger partial charge >= 0.3 is 0 Å². The topological polar surface area (TPSA) is 71.3 Å². The molecule has 2 heterocycles. The summed E-state index contributed by atoms with van der Waals surface area (Å²) in [6.07, 6.45) is -0.135. The Morgan fingerprint density at radius 3 is 3.05 bits per heavy atom. The number of hydrogen-bond acceptors (Lipinski definition) is 5. The summed E-state index contributed by atoms with van der Waals surface area (Å²) in [7, 11) is -3.61. The van der Waals surface area contributed by atoms with Gasteiger partial charge in [0.05, 0.1) is 24.1 Å². The van der Waals surface area contributed by atoms with Crippen LogP contribution in [0, 0.1) is 0 Å². The van der Waals surface area contributed by atoms with E-state index in [0.29, 0.717) is 29.9 Å². The molecule has 1 fully saturated rings. The Bertz CT molecular complexity index is 731. The highest BCUT2D eigenvalue weighted by atomic mass is 79.9. The van der Waals surface area contributed by atoms with Gasteiger partial charge in [-0.2, -0.15) is 13.0 Å². The second kappa shape index (κ2) is 5.88. The molecule has 0 aromatic heterocycles. The highest BCUT2D eigenvalue weighted by Crippen LogP contribution is 2.39. The summed E-state index contributed by atoms with van der Waals surface area (Å²) in [5, 5.41) is 0.605. The van der Waals surface area contributed by atoms with Crippen molar-refractivity contribution in [1.82, 2.24) is 4.31 Å². The fourth-order valence-electron chi connectivity index (χ4n) is 2.34. The van der Waals surface area contributed by atoms with E-state index in [9.17, 15) is 8.42 Å². The molecule has 21 heavy (non-hydrogen) atoms. The molecule has 1 aromatic carbocycles. The Labute approximate surface area is 135 Å². The molecule has 6 nitrogen and oxygen atoms in total. The number of morpholine rings is 1. The lowest BCUT2D eigenvalue weighted by Gasteiger charge is -2.36. The highest BCUT2D eigenvalue weighted by Gasteiger charge is 2.37. The first-order valence-corrected chi connectivity index (χ1v) is 9.74. The van der Waals surface area contributed by atoms with Crippen LogP contribution in [0.1, 0.15) is 6.92 Å². The van der Waals surface area contributed by atoms with E-state index in [1.165, 1.54) is 4.31 Å². The summed E-state index contributed by atoms with van der Waals surface area (Å²) < 4.78 is 41.2. The van der Waals surface area contributed by atoms with Gasteiger partial charge in [0.15, 0.2) is 0 Å². The number of sulfonamides is 1. The van der Waals surface area contributed by atoms with Crippen LogP contribution in [0.2, 0.25) is 0 Å². The molecule has 2 aliphatic rings. The first kappa shape index (κ1) is 15.3. The maximum Gasteiger partial charge on any atom is 0.245 e. The Kier molecular flexibility index (Phi) is 4.28. The summed E-state index contributed by atoms with van der Waals surface area (Å²) in [4.78, 5) is 0.218. The van der Waals surface area contributed by atoms with E-state index < -0.39 is 10.0 Å². The highest BCUT2D eigenvalue weighted by molar-refractivity contribution is 9.09. The van der Waals surface area contributed by atoms with E-state index in [4.69, 9.17) is 4.74 Å². The lowest BCUT2D eigenvalue weighted by Crippen LogP contribution is -2.51. The number of ether oxygens (including phenoxy) is 1. The van der Waals surface area contributed by atoms with Crippen LogP contribution in [-0.2, 0) is 26.1 Å². The number of alkyl halides is 1. The Balaban J connectivity index is 2.01. The first-order valence-electron chi connectivity index (χ1n) is 6.44. The standard InChI is InChI=1S/C12H14BrN3O3S2/c1-8-7-19-9(5-13)6-16(8)21(17,18)11-4-2-3-10-12(11)15-20-14-10/h2-4,8-9H,5-7H2,1H3. The van der Waals surface area contributed by atoms with Crippen LogP contribution in [0.4, 0.5) is 11.4 Å². The second-order valence-corrected chi connectivity index (χ2v) is 7.96. The van der Waals surface area contributed by atoms with Gasteiger partial charge in [-0.15, -0.1) is 0 Å². The Morgan fingerprint density at radius 1 is 1.48 bits per heavy atom. The van der Waals surface area contributed by atoms with Crippen molar-refractivity contribution in [3.8, 4) is 0 Å². The second-order valence-electron chi connectivity index (χ2n) is 4.92. The van der Waals surface area contributed by atoms with Gasteiger partial charge in [-0.3, -0.25) is 0 Å². The van der Waals surface area contributed by atoms with Gasteiger partial charge < -0.3 is 4.74 Å². The third-order valence-electron chi connectivity index (χ3n) is 3.46. The zero-order chi connectivity index (χ0) is 15.0. The minimum atomic E-state index is -3.61. The molecule has 0 radical (unpaired) electrons. The van der Waals surface area contributed by atoms with E-state index in [1.54, 1.807) is 18.2 Å². The molecule has 1 aromatic rings. The SMILES string of the molecule is CC1COC(CBr)CN1S(=O)(=O)c1cccc2c1N=S=N2. The Morgan fingerprint density at radius 2 is 2.29 bits per heavy atom. The molecule has 0 N–H and O–H groups in total. The smallest absolute Gasteiger partial charge is 0.245 e. The summed E-state index contributed by atoms with van der Waals surface area (Å²) in [6.45, 7) is 2.57. The van der Waals surface area contributed by atoms with Crippen LogP contribution in [0.5, 0.6) is 0 Å². The molecule has 114 valence electrons. The van der Waals surface area contributed by atoms with Crippen molar-refractivity contribution < 1.29 is 13.2 Å². The van der Waals surface area contributed by atoms with Gasteiger partial charge in [-0.1, -0.05) is 22.0 Å². The largest absolute Gasteiger partial charge is 0.374 e. The fraction of sp³-hybridized carbons (Fsp3) is 0.500. The van der Waals surface area contributed by atoms with Crippen molar-refractivity contribution in [3.05, 3.63) is 18.2 Å². The minimum Gasteiger partial charge on any atom is -0.374 e. The molecule has 0 amide bonds. The van der Waals surface area contributed by atoms with Crippen LogP contribution in [0.3, 0.4) is 0 Å². The zero-order valence-electron chi connectivity index (χ0n) is 11.3. The van der Waals surface area contributed by atoms with Gasteiger partial charge in [-0.25, -0.2) is 8.42 Å². The molecule has 0 saturated carbocycles. The van der Waals surface area contributed by atoms with E-state index in [2.05, 4.69) is 24.7 Å². The molecule has 0 spiro atoms. The number of rotatable bonds is 3. The lowest BCUT2D eigenvalue weighted by molar-refractivity contribution is -0.0139. The van der Waals surface area contributed by atoms with E-state index >= 15 is 0 Å². The first-order chi connectivity index (χ1) is 10.0. The monoisotopic (exact) mass is 391 g/mol. The number of hydrogen-bond donors (Lipinski definition) is 0. The van der Waals surface area contributed by atoms with Crippen LogP contribution in [0.15, 0.2) is 31.8 Å². The lowest BCUT2D eigenvalue weighted by atomic mass is 10.2. The summed E-state index contributed by atoms with van der Waals surface area (Å²) >= 11 is 4.37. The molecule has 9 heteroatoms. The third-order valence-corrected chi connectivity index (χ3v) is 6.73. The quantitative estimate of drug-likeness (QED) is 0.754. The predicted molar refractivity (Wildman–Crippen MR) is 84.9 cm³/mol. The normalized spacial score (nSPS) is 25.6. The van der Waals surface area contributed by atoms with Crippen molar-refractivity contribution in [3.63, 3.8) is 0 Å². The molecule has 1 saturated heterocycles. The van der Waals surface area contributed by atoms with Crippen molar-refractivity contribution in [2.45, 2.75) is 24.0 Å². The molecule has 2 atom stereocenters. The van der Waals surface area contributed by atoms with Crippen molar-refractivity contribution in [2.75, 3.05) is 18.5 Å². The fourth-order valence-corrected chi connectivity index (χ4v) is 5.13. The average molecular weight is 392 g/mol. The minimum absolute atomic E-state index is 0.135. The third kappa shape index (κ3) is 2.72. The van der Waals surface area contributed by atoms with Gasteiger partial charge in [0.1, 0.15) is 16.3 Å². The van der Waals surface area contributed by atoms with Gasteiger partial charge in [-0.05, 0) is 19.1 Å². The number of benzene rings is 1. The molecular formula is C12H14BrN3O3S2. The van der Waals surface area contributed by atoms with Crippen LogP contribution >= 0.6 is 15.9 Å². The van der Waals surface area contributed by atoms with E-state index in [1.807, 2.05) is 6.92 Å². The molecule has 3 rings (SSSR count). The number of fused-ring (bicyclic) bond motifs is 1. The van der Waals surface area contributed by atoms with Crippen molar-refractivity contribution in [1.29, 1.82) is 0 Å². The zero-order valence-corrected chi connectivity index (χ0v) is 14.5. The summed E-state index contributed by atoms with van der Waals surface area (Å²) in [5.74, 6) is 0. The van der Waals surface area contributed by atoms with Crippen LogP contribution < -0.4 is 0 Å². The van der Waals surface area contributed by atoms with Crippen molar-refractivity contribution in [2.24, 2.45) is 8.73 Å². The van der Waals surface area contributed by atoms with Crippen LogP contribution in [-0.4, -0.2) is 43.4 Å². The van der Waals surface area contributed by atoms with Gasteiger partial charge in [0.2, 0.25) is 10.0 Å². The predicted octanol–water partition coefficient (Wildman–Crippen LogP) is 2.59.